The van der Waals surface area contributed by atoms with Crippen LogP contribution in [0.25, 0.3) is 6.08 Å². The van der Waals surface area contributed by atoms with E-state index < -0.39 is 11.1 Å². The molecule has 0 aromatic heterocycles. The van der Waals surface area contributed by atoms with Gasteiger partial charge in [-0.15, -0.1) is 0 Å². The van der Waals surface area contributed by atoms with Crippen molar-refractivity contribution in [2.24, 2.45) is 0 Å². The van der Waals surface area contributed by atoms with Crippen molar-refractivity contribution in [1.82, 2.24) is 9.80 Å². The summed E-state index contributed by atoms with van der Waals surface area (Å²) in [6.45, 7) is 2.44. The fourth-order valence-electron chi connectivity index (χ4n) is 4.57. The van der Waals surface area contributed by atoms with E-state index >= 15 is 0 Å². The Bertz CT molecular complexity index is 1430. The van der Waals surface area contributed by atoms with Gasteiger partial charge in [0.2, 0.25) is 5.91 Å². The number of hydrogen-bond donors (Lipinski definition) is 0. The summed E-state index contributed by atoms with van der Waals surface area (Å²) in [5.74, 6) is 0.0293. The van der Waals surface area contributed by atoms with Gasteiger partial charge >= 0.3 is 0 Å². The molecule has 206 valence electrons. The molecular weight excluding hydrogens is 550 g/mol. The molecule has 2 aliphatic rings. The predicted octanol–water partition coefficient (Wildman–Crippen LogP) is 5.31. The number of piperazine rings is 1. The fourth-order valence-corrected chi connectivity index (χ4v) is 5.68. The molecule has 10 heteroatoms. The molecule has 5 rings (SSSR count). The largest absolute Gasteiger partial charge is 0.493 e. The summed E-state index contributed by atoms with van der Waals surface area (Å²) < 4.78 is 11.4. The highest BCUT2D eigenvalue weighted by atomic mass is 35.5. The summed E-state index contributed by atoms with van der Waals surface area (Å²) in [6, 6.07) is 23.0. The quantitative estimate of drug-likeness (QED) is 0.336. The summed E-state index contributed by atoms with van der Waals surface area (Å²) >= 11 is 7.30. The molecular formula is C30H28ClN3O5S. The smallest absolute Gasteiger partial charge is 0.294 e. The van der Waals surface area contributed by atoms with Gasteiger partial charge in [-0.2, -0.15) is 0 Å². The number of hydrogen-bond acceptors (Lipinski definition) is 7. The zero-order valence-electron chi connectivity index (χ0n) is 21.9. The normalized spacial score (nSPS) is 16.6. The van der Waals surface area contributed by atoms with Crippen molar-refractivity contribution in [3.63, 3.8) is 0 Å². The number of thioether (sulfide) groups is 1. The van der Waals surface area contributed by atoms with Gasteiger partial charge < -0.3 is 19.3 Å². The molecule has 0 atom stereocenters. The molecule has 40 heavy (non-hydrogen) atoms. The van der Waals surface area contributed by atoms with Gasteiger partial charge in [0.25, 0.3) is 11.1 Å². The fraction of sp³-hybridized carbons (Fsp3) is 0.233. The van der Waals surface area contributed by atoms with Crippen molar-refractivity contribution < 1.29 is 23.9 Å². The van der Waals surface area contributed by atoms with Crippen molar-refractivity contribution in [3.8, 4) is 11.5 Å². The molecule has 2 aliphatic heterocycles. The average Bonchev–Trinajstić information content (AvgIpc) is 3.24. The van der Waals surface area contributed by atoms with E-state index in [1.807, 2.05) is 60.7 Å². The highest BCUT2D eigenvalue weighted by molar-refractivity contribution is 8.18. The number of benzene rings is 3. The van der Waals surface area contributed by atoms with Gasteiger partial charge in [-0.3, -0.25) is 19.3 Å². The zero-order chi connectivity index (χ0) is 28.1. The van der Waals surface area contributed by atoms with Gasteiger partial charge in [-0.1, -0.05) is 60.1 Å². The molecule has 0 saturated carbocycles. The third kappa shape index (κ3) is 6.26. The van der Waals surface area contributed by atoms with Crippen LogP contribution < -0.4 is 14.4 Å². The van der Waals surface area contributed by atoms with E-state index in [2.05, 4.69) is 4.90 Å². The standard InChI is InChI=1S/C30H28ClN3O5S/c1-38-25-17-22(16-24(31)28(25)39-20-21-8-4-2-5-9-21)18-26-29(36)34(30(37)40-26)19-27(35)33-14-12-32(13-15-33)23-10-6-3-7-11-23/h2-11,16-18H,12-15,19-20H2,1H3/b26-18-. The van der Waals surface area contributed by atoms with E-state index in [1.165, 1.54) is 7.11 Å². The van der Waals surface area contributed by atoms with Crippen LogP contribution in [0, 0.1) is 0 Å². The lowest BCUT2D eigenvalue weighted by Gasteiger charge is -2.36. The molecule has 3 amide bonds. The number of anilines is 1. The van der Waals surface area contributed by atoms with E-state index in [-0.39, 0.29) is 17.4 Å². The average molecular weight is 578 g/mol. The first kappa shape index (κ1) is 27.6. The van der Waals surface area contributed by atoms with Crippen molar-refractivity contribution in [3.05, 3.63) is 93.9 Å². The molecule has 2 saturated heterocycles. The molecule has 2 heterocycles. The number of carbonyl (C=O) groups is 3. The summed E-state index contributed by atoms with van der Waals surface area (Å²) in [5.41, 5.74) is 2.66. The van der Waals surface area contributed by atoms with E-state index in [0.29, 0.717) is 54.9 Å². The predicted molar refractivity (Wildman–Crippen MR) is 157 cm³/mol. The number of amides is 3. The van der Waals surface area contributed by atoms with E-state index in [9.17, 15) is 14.4 Å². The van der Waals surface area contributed by atoms with Crippen LogP contribution in [0.2, 0.25) is 5.02 Å². The Morgan fingerprint density at radius 2 is 1.65 bits per heavy atom. The first-order chi connectivity index (χ1) is 19.4. The molecule has 8 nitrogen and oxygen atoms in total. The highest BCUT2D eigenvalue weighted by Crippen LogP contribution is 2.39. The third-order valence-corrected chi connectivity index (χ3v) is 7.88. The Kier molecular flexibility index (Phi) is 8.62. The first-order valence-corrected chi connectivity index (χ1v) is 14.0. The maximum Gasteiger partial charge on any atom is 0.294 e. The van der Waals surface area contributed by atoms with Crippen LogP contribution in [0.15, 0.2) is 77.7 Å². The van der Waals surface area contributed by atoms with Crippen LogP contribution in [-0.4, -0.2) is 66.7 Å². The molecule has 2 fully saturated rings. The summed E-state index contributed by atoms with van der Waals surface area (Å²) in [6.07, 6.45) is 1.57. The number of rotatable bonds is 8. The second-order valence-electron chi connectivity index (χ2n) is 9.28. The number of ether oxygens (including phenoxy) is 2. The van der Waals surface area contributed by atoms with Crippen molar-refractivity contribution in [1.29, 1.82) is 0 Å². The van der Waals surface area contributed by atoms with Gasteiger partial charge in [0.15, 0.2) is 11.5 Å². The molecule has 0 unspecified atom stereocenters. The van der Waals surface area contributed by atoms with Crippen LogP contribution in [0.5, 0.6) is 11.5 Å². The summed E-state index contributed by atoms with van der Waals surface area (Å²) in [5, 5.41) is -0.168. The zero-order valence-corrected chi connectivity index (χ0v) is 23.5. The molecule has 0 aliphatic carbocycles. The monoisotopic (exact) mass is 577 g/mol. The van der Waals surface area contributed by atoms with Crippen molar-refractivity contribution >= 4 is 52.2 Å². The Morgan fingerprint density at radius 3 is 2.33 bits per heavy atom. The van der Waals surface area contributed by atoms with E-state index in [4.69, 9.17) is 21.1 Å². The van der Waals surface area contributed by atoms with Crippen LogP contribution in [0.1, 0.15) is 11.1 Å². The van der Waals surface area contributed by atoms with Crippen LogP contribution in [-0.2, 0) is 16.2 Å². The van der Waals surface area contributed by atoms with Gasteiger partial charge in [-0.25, -0.2) is 0 Å². The minimum absolute atomic E-state index is 0.211. The Labute approximate surface area is 242 Å². The number of nitrogens with zero attached hydrogens (tertiary/aromatic N) is 3. The minimum Gasteiger partial charge on any atom is -0.493 e. The second-order valence-corrected chi connectivity index (χ2v) is 10.7. The molecule has 0 spiro atoms. The van der Waals surface area contributed by atoms with E-state index in [1.54, 1.807) is 23.1 Å². The Balaban J connectivity index is 1.22. The lowest BCUT2D eigenvalue weighted by molar-refractivity contribution is -0.136. The van der Waals surface area contributed by atoms with E-state index in [0.717, 1.165) is 27.9 Å². The number of imide groups is 1. The Morgan fingerprint density at radius 1 is 0.975 bits per heavy atom. The lowest BCUT2D eigenvalue weighted by Crippen LogP contribution is -2.51. The van der Waals surface area contributed by atoms with Crippen LogP contribution in [0.4, 0.5) is 10.5 Å². The van der Waals surface area contributed by atoms with Gasteiger partial charge in [0, 0.05) is 31.9 Å². The van der Waals surface area contributed by atoms with Gasteiger partial charge in [0.05, 0.1) is 17.0 Å². The SMILES string of the molecule is COc1cc(/C=C2\SC(=O)N(CC(=O)N3CCN(c4ccccc4)CC3)C2=O)cc(Cl)c1OCc1ccccc1. The molecule has 0 bridgehead atoms. The molecule has 0 N–H and O–H groups in total. The Hall–Kier alpha value is -3.95. The van der Waals surface area contributed by atoms with Gasteiger partial charge in [0.1, 0.15) is 13.2 Å². The number of para-hydroxylation sites is 1. The second kappa shape index (κ2) is 12.5. The van der Waals surface area contributed by atoms with Crippen LogP contribution >= 0.6 is 23.4 Å². The van der Waals surface area contributed by atoms with Gasteiger partial charge in [-0.05, 0) is 53.2 Å². The molecule has 0 radical (unpaired) electrons. The van der Waals surface area contributed by atoms with Crippen molar-refractivity contribution in [2.45, 2.75) is 6.61 Å². The summed E-state index contributed by atoms with van der Waals surface area (Å²) in [7, 11) is 1.50. The highest BCUT2D eigenvalue weighted by Gasteiger charge is 2.37. The lowest BCUT2D eigenvalue weighted by atomic mass is 10.1. The molecule has 3 aromatic carbocycles. The topological polar surface area (TPSA) is 79.4 Å². The van der Waals surface area contributed by atoms with Crippen LogP contribution in [0.3, 0.4) is 0 Å². The minimum atomic E-state index is -0.509. The first-order valence-electron chi connectivity index (χ1n) is 12.8. The number of halogens is 1. The summed E-state index contributed by atoms with van der Waals surface area (Å²) in [4.78, 5) is 43.9. The molecule has 3 aromatic rings. The number of carbonyl (C=O) groups excluding carboxylic acids is 3. The maximum atomic E-state index is 13.1. The van der Waals surface area contributed by atoms with Crippen molar-refractivity contribution in [2.75, 3.05) is 44.7 Å². The number of methoxy groups -OCH3 is 1. The maximum absolute atomic E-state index is 13.1. The third-order valence-electron chi connectivity index (χ3n) is 6.70.